The number of nitrogens with zero attached hydrogens (tertiary/aromatic N) is 2. The molecule has 0 atom stereocenters. The predicted molar refractivity (Wildman–Crippen MR) is 98.7 cm³/mol. The minimum absolute atomic E-state index is 0.0930. The van der Waals surface area contributed by atoms with Gasteiger partial charge in [0, 0.05) is 24.5 Å². The van der Waals surface area contributed by atoms with Gasteiger partial charge in [-0.3, -0.25) is 9.78 Å². The smallest absolute Gasteiger partial charge is 0.274 e. The lowest BCUT2D eigenvalue weighted by molar-refractivity contribution is 0.573. The normalized spacial score (nSPS) is 11.4. The molecule has 0 aliphatic heterocycles. The van der Waals surface area contributed by atoms with Crippen LogP contribution in [0, 0.1) is 18.7 Å². The molecule has 6 heteroatoms. The summed E-state index contributed by atoms with van der Waals surface area (Å²) < 4.78 is 15.9. The van der Waals surface area contributed by atoms with E-state index in [1.807, 2.05) is 13.0 Å². The van der Waals surface area contributed by atoms with E-state index in [1.165, 1.54) is 6.20 Å². The molecule has 0 amide bonds. The predicted octanol–water partition coefficient (Wildman–Crippen LogP) is 3.46. The second kappa shape index (κ2) is 6.70. The van der Waals surface area contributed by atoms with Gasteiger partial charge in [0.15, 0.2) is 0 Å². The Morgan fingerprint density at radius 1 is 1.40 bits per heavy atom. The zero-order valence-electron chi connectivity index (χ0n) is 15.0. The van der Waals surface area contributed by atoms with E-state index >= 15 is 0 Å². The van der Waals surface area contributed by atoms with Crippen LogP contribution in [0.15, 0.2) is 29.3 Å². The summed E-state index contributed by atoms with van der Waals surface area (Å²) in [6, 6.07) is 3.57. The first-order valence-electron chi connectivity index (χ1n) is 8.44. The number of hydrogen-bond acceptors (Lipinski definition) is 3. The summed E-state index contributed by atoms with van der Waals surface area (Å²) in [7, 11) is 1.72. The molecule has 0 saturated heterocycles. The Bertz CT molecular complexity index is 971. The van der Waals surface area contributed by atoms with Gasteiger partial charge >= 0.3 is 0 Å². The van der Waals surface area contributed by atoms with Crippen LogP contribution in [0.3, 0.4) is 0 Å². The van der Waals surface area contributed by atoms with E-state index in [-0.39, 0.29) is 11.4 Å². The van der Waals surface area contributed by atoms with Crippen molar-refractivity contribution in [3.05, 3.63) is 57.5 Å². The molecular weight excluding hydrogens is 319 g/mol. The van der Waals surface area contributed by atoms with E-state index in [9.17, 15) is 9.18 Å². The van der Waals surface area contributed by atoms with E-state index in [0.717, 1.165) is 22.3 Å². The molecule has 3 heterocycles. The van der Waals surface area contributed by atoms with Crippen LogP contribution in [0.1, 0.15) is 30.7 Å². The highest BCUT2D eigenvalue weighted by Gasteiger charge is 2.17. The molecule has 3 rings (SSSR count). The summed E-state index contributed by atoms with van der Waals surface area (Å²) in [6.45, 7) is 6.46. The van der Waals surface area contributed by atoms with Crippen molar-refractivity contribution in [3.63, 3.8) is 0 Å². The molecule has 132 valence electrons. The molecule has 2 N–H and O–H groups in total. The van der Waals surface area contributed by atoms with Gasteiger partial charge in [-0.15, -0.1) is 0 Å². The number of hydrogen-bond donors (Lipinski definition) is 2. The van der Waals surface area contributed by atoms with Crippen LogP contribution in [-0.4, -0.2) is 21.6 Å². The molecule has 3 aromatic heterocycles. The molecule has 0 saturated carbocycles. The average molecular weight is 342 g/mol. The van der Waals surface area contributed by atoms with Gasteiger partial charge < -0.3 is 14.9 Å². The molecule has 0 unspecified atom stereocenters. The summed E-state index contributed by atoms with van der Waals surface area (Å²) in [6.07, 6.45) is 3.68. The Balaban J connectivity index is 2.09. The third-order valence-electron chi connectivity index (χ3n) is 4.45. The zero-order valence-corrected chi connectivity index (χ0v) is 15.0. The average Bonchev–Trinajstić information content (AvgIpc) is 2.88. The Hall–Kier alpha value is -2.63. The second-order valence-corrected chi connectivity index (χ2v) is 6.74. The van der Waals surface area contributed by atoms with Crippen molar-refractivity contribution in [2.24, 2.45) is 5.92 Å². The molecule has 0 spiro atoms. The van der Waals surface area contributed by atoms with Crippen molar-refractivity contribution < 1.29 is 4.39 Å². The maximum atomic E-state index is 14.3. The van der Waals surface area contributed by atoms with Crippen LogP contribution in [0.25, 0.3) is 11.0 Å². The lowest BCUT2D eigenvalue weighted by atomic mass is 10.0. The monoisotopic (exact) mass is 342 g/mol. The Labute approximate surface area is 145 Å². The van der Waals surface area contributed by atoms with Gasteiger partial charge in [0.05, 0.1) is 23.8 Å². The van der Waals surface area contributed by atoms with E-state index in [0.29, 0.717) is 30.1 Å². The van der Waals surface area contributed by atoms with Gasteiger partial charge in [0.1, 0.15) is 11.5 Å². The van der Waals surface area contributed by atoms with Gasteiger partial charge in [-0.1, -0.05) is 13.8 Å². The van der Waals surface area contributed by atoms with Crippen LogP contribution >= 0.6 is 0 Å². The van der Waals surface area contributed by atoms with Crippen LogP contribution < -0.4 is 10.9 Å². The summed E-state index contributed by atoms with van der Waals surface area (Å²) in [4.78, 5) is 20.0. The number of nitrogens with one attached hydrogen (secondary N) is 2. The summed E-state index contributed by atoms with van der Waals surface area (Å²) in [5.41, 5.74) is 4.43. The largest absolute Gasteiger partial charge is 0.384 e. The van der Waals surface area contributed by atoms with Gasteiger partial charge in [-0.2, -0.15) is 0 Å². The van der Waals surface area contributed by atoms with Crippen LogP contribution in [-0.2, 0) is 13.0 Å². The Morgan fingerprint density at radius 3 is 2.84 bits per heavy atom. The molecule has 0 aromatic carbocycles. The highest BCUT2D eigenvalue weighted by Crippen LogP contribution is 2.26. The fraction of sp³-hybridized carbons (Fsp3) is 0.368. The van der Waals surface area contributed by atoms with E-state index in [1.54, 1.807) is 23.9 Å². The van der Waals surface area contributed by atoms with Crippen molar-refractivity contribution in [1.82, 2.24) is 14.5 Å². The van der Waals surface area contributed by atoms with E-state index in [4.69, 9.17) is 0 Å². The van der Waals surface area contributed by atoms with Gasteiger partial charge in [0.25, 0.3) is 5.56 Å². The highest BCUT2D eigenvalue weighted by atomic mass is 19.1. The number of aromatic nitrogens is 3. The molecule has 0 aliphatic rings. The summed E-state index contributed by atoms with van der Waals surface area (Å²) in [5, 5.41) is 2.90. The maximum Gasteiger partial charge on any atom is 0.274 e. The highest BCUT2D eigenvalue weighted by molar-refractivity contribution is 5.83. The number of halogens is 1. The summed E-state index contributed by atoms with van der Waals surface area (Å²) >= 11 is 0. The van der Waals surface area contributed by atoms with Gasteiger partial charge in [0.2, 0.25) is 0 Å². The first kappa shape index (κ1) is 17.2. The third kappa shape index (κ3) is 3.16. The quantitative estimate of drug-likeness (QED) is 0.746. The SMILES string of the molecule is CNc1cccn(Cc2[nH]c3c(CC(C)C)c(F)cnc3c2C)c1=O. The lowest BCUT2D eigenvalue weighted by Gasteiger charge is -2.08. The fourth-order valence-corrected chi connectivity index (χ4v) is 3.12. The molecule has 0 aliphatic carbocycles. The standard InChI is InChI=1S/C19H23FN4O/c1-11(2)8-13-14(20)9-22-17-12(3)16(23-18(13)17)10-24-7-5-6-15(21-4)19(24)25/h5-7,9,11,21,23H,8,10H2,1-4H3. The molecule has 0 fully saturated rings. The van der Waals surface area contributed by atoms with E-state index in [2.05, 4.69) is 29.1 Å². The number of fused-ring (bicyclic) bond motifs is 1. The minimum atomic E-state index is -0.289. The Morgan fingerprint density at radius 2 is 2.16 bits per heavy atom. The lowest BCUT2D eigenvalue weighted by Crippen LogP contribution is -2.22. The van der Waals surface area contributed by atoms with Crippen molar-refractivity contribution in [2.45, 2.75) is 33.7 Å². The molecule has 3 aromatic rings. The van der Waals surface area contributed by atoms with Crippen molar-refractivity contribution in [3.8, 4) is 0 Å². The van der Waals surface area contributed by atoms with Crippen molar-refractivity contribution in [2.75, 3.05) is 12.4 Å². The van der Waals surface area contributed by atoms with Crippen LogP contribution in [0.5, 0.6) is 0 Å². The molecular formula is C19H23FN4O. The number of anilines is 1. The fourth-order valence-electron chi connectivity index (χ4n) is 3.12. The summed E-state index contributed by atoms with van der Waals surface area (Å²) in [5.74, 6) is 0.0467. The molecule has 0 radical (unpaired) electrons. The van der Waals surface area contributed by atoms with Crippen LogP contribution in [0.4, 0.5) is 10.1 Å². The first-order chi connectivity index (χ1) is 11.9. The maximum absolute atomic E-state index is 14.3. The van der Waals surface area contributed by atoms with E-state index < -0.39 is 0 Å². The first-order valence-corrected chi connectivity index (χ1v) is 8.44. The molecule has 25 heavy (non-hydrogen) atoms. The van der Waals surface area contributed by atoms with Gasteiger partial charge in [-0.25, -0.2) is 4.39 Å². The van der Waals surface area contributed by atoms with Crippen molar-refractivity contribution in [1.29, 1.82) is 0 Å². The van der Waals surface area contributed by atoms with Crippen LogP contribution in [0.2, 0.25) is 0 Å². The number of H-pyrrole nitrogens is 1. The third-order valence-corrected chi connectivity index (χ3v) is 4.45. The Kier molecular flexibility index (Phi) is 4.61. The second-order valence-electron chi connectivity index (χ2n) is 6.74. The zero-order chi connectivity index (χ0) is 18.1. The minimum Gasteiger partial charge on any atom is -0.384 e. The topological polar surface area (TPSA) is 62.7 Å². The molecule has 0 bridgehead atoms. The van der Waals surface area contributed by atoms with Gasteiger partial charge in [-0.05, 0) is 37.0 Å². The molecule has 5 nitrogen and oxygen atoms in total. The number of aromatic amines is 1. The number of rotatable bonds is 5. The number of aryl methyl sites for hydroxylation is 1. The number of pyridine rings is 2. The van der Waals surface area contributed by atoms with Crippen molar-refractivity contribution >= 4 is 16.7 Å².